The molecule has 1 fully saturated rings. The molecule has 3 amide bonds. The Kier molecular flexibility index (Phi) is 15.9. The molecule has 0 saturated carbocycles. The third-order valence-electron chi connectivity index (χ3n) is 9.62. The number of carbonyl (C=O) groups excluding carboxylic acids is 6. The Labute approximate surface area is 357 Å². The van der Waals surface area contributed by atoms with Gasteiger partial charge in [-0.05, 0) is 92.4 Å². The zero-order chi connectivity index (χ0) is 43.3. The van der Waals surface area contributed by atoms with Crippen molar-refractivity contribution in [2.24, 2.45) is 0 Å². The number of imide groups is 1. The van der Waals surface area contributed by atoms with Gasteiger partial charge in [-0.15, -0.1) is 0 Å². The van der Waals surface area contributed by atoms with Crippen molar-refractivity contribution < 1.29 is 47.7 Å². The number of aryl methyl sites for hydroxylation is 1. The van der Waals surface area contributed by atoms with Gasteiger partial charge in [0.1, 0.15) is 34.2 Å². The summed E-state index contributed by atoms with van der Waals surface area (Å²) in [5, 5.41) is 4.90. The molecule has 0 bridgehead atoms. The van der Waals surface area contributed by atoms with E-state index in [-0.39, 0.29) is 43.2 Å². The lowest BCUT2D eigenvalue weighted by Crippen LogP contribution is -2.44. The molecule has 3 heterocycles. The summed E-state index contributed by atoms with van der Waals surface area (Å²) in [6.07, 6.45) is 3.72. The van der Waals surface area contributed by atoms with E-state index < -0.39 is 33.6 Å². The molecule has 16 heteroatoms. The van der Waals surface area contributed by atoms with Crippen molar-refractivity contribution in [3.63, 3.8) is 0 Å². The SMILES string of the molecule is CCc1ccc([C@@H](COc2ccc(CC(C)(SC=O)C(=O)NCCc3ccc([C@H](COc4ccc(CC5(C)SC(=O)NC5=O)cc4)OC(C)=O)cn3)cc2)OC(C)=O)cn1. The van der Waals surface area contributed by atoms with Crippen LogP contribution in [0.15, 0.2) is 85.2 Å². The number of pyridine rings is 2. The van der Waals surface area contributed by atoms with Crippen LogP contribution in [0, 0.1) is 0 Å². The summed E-state index contributed by atoms with van der Waals surface area (Å²) < 4.78 is 20.9. The van der Waals surface area contributed by atoms with Crippen molar-refractivity contribution in [1.82, 2.24) is 20.6 Å². The molecule has 316 valence electrons. The smallest absolute Gasteiger partial charge is 0.303 e. The third kappa shape index (κ3) is 12.9. The fourth-order valence-electron chi connectivity index (χ4n) is 6.33. The summed E-state index contributed by atoms with van der Waals surface area (Å²) in [5.74, 6) is -0.478. The van der Waals surface area contributed by atoms with Crippen molar-refractivity contribution in [2.45, 2.75) is 82.0 Å². The second-order valence-electron chi connectivity index (χ2n) is 14.5. The summed E-state index contributed by atoms with van der Waals surface area (Å²) in [5.41, 5.74) is 5.28. The molecule has 1 aliphatic heterocycles. The molecule has 2 unspecified atom stereocenters. The minimum atomic E-state index is -1.10. The minimum Gasteiger partial charge on any atom is -0.489 e. The molecular weight excluding hydrogens is 809 g/mol. The lowest BCUT2D eigenvalue weighted by molar-refractivity contribution is -0.149. The Morgan fingerprint density at radius 2 is 1.37 bits per heavy atom. The number of thioether (sulfide) groups is 2. The molecule has 4 aromatic rings. The molecule has 0 radical (unpaired) electrons. The molecular formula is C44H48N4O10S2. The van der Waals surface area contributed by atoms with Gasteiger partial charge in [0.15, 0.2) is 17.8 Å². The normalized spacial score (nSPS) is 16.8. The fraction of sp³-hybridized carbons (Fsp3) is 0.364. The highest BCUT2D eigenvalue weighted by Crippen LogP contribution is 2.35. The Morgan fingerprint density at radius 1 is 0.833 bits per heavy atom. The third-order valence-corrected chi connectivity index (χ3v) is 11.6. The summed E-state index contributed by atoms with van der Waals surface area (Å²) in [7, 11) is 0. The Hall–Kier alpha value is -5.74. The van der Waals surface area contributed by atoms with E-state index in [9.17, 15) is 28.8 Å². The van der Waals surface area contributed by atoms with Crippen LogP contribution in [0.25, 0.3) is 0 Å². The Morgan fingerprint density at radius 3 is 1.82 bits per heavy atom. The number of carbonyl (C=O) groups is 6. The maximum atomic E-state index is 13.5. The van der Waals surface area contributed by atoms with Crippen LogP contribution in [0.3, 0.4) is 0 Å². The van der Waals surface area contributed by atoms with Crippen LogP contribution in [-0.4, -0.2) is 73.8 Å². The topological polar surface area (TPSA) is 189 Å². The van der Waals surface area contributed by atoms with Crippen LogP contribution in [0.5, 0.6) is 11.5 Å². The van der Waals surface area contributed by atoms with Crippen LogP contribution in [0.4, 0.5) is 4.79 Å². The predicted molar refractivity (Wildman–Crippen MR) is 227 cm³/mol. The maximum Gasteiger partial charge on any atom is 0.303 e. The number of ether oxygens (including phenoxy) is 4. The molecule has 2 aromatic carbocycles. The van der Waals surface area contributed by atoms with Gasteiger partial charge in [-0.3, -0.25) is 44.1 Å². The van der Waals surface area contributed by atoms with Crippen molar-refractivity contribution in [2.75, 3.05) is 19.8 Å². The summed E-state index contributed by atoms with van der Waals surface area (Å²) in [6, 6.07) is 21.6. The highest BCUT2D eigenvalue weighted by molar-refractivity contribution is 8.16. The zero-order valence-electron chi connectivity index (χ0n) is 34.1. The highest BCUT2D eigenvalue weighted by Gasteiger charge is 2.43. The van der Waals surface area contributed by atoms with Gasteiger partial charge in [-0.2, -0.15) is 0 Å². The first-order chi connectivity index (χ1) is 28.7. The number of aromatic nitrogens is 2. The number of hydrogen-bond donors (Lipinski definition) is 2. The first kappa shape index (κ1) is 45.3. The summed E-state index contributed by atoms with van der Waals surface area (Å²) in [6.45, 7) is 8.47. The van der Waals surface area contributed by atoms with Gasteiger partial charge in [0, 0.05) is 61.7 Å². The number of rotatable bonds is 21. The van der Waals surface area contributed by atoms with Crippen molar-refractivity contribution in [3.05, 3.63) is 119 Å². The number of hydrogen-bond acceptors (Lipinski definition) is 14. The summed E-state index contributed by atoms with van der Waals surface area (Å²) >= 11 is 1.87. The Balaban J connectivity index is 1.11. The quantitative estimate of drug-likeness (QED) is 0.0704. The Bertz CT molecular complexity index is 2140. The van der Waals surface area contributed by atoms with Crippen molar-refractivity contribution in [3.8, 4) is 11.5 Å². The van der Waals surface area contributed by atoms with E-state index in [0.29, 0.717) is 41.2 Å². The fourth-order valence-corrected chi connectivity index (χ4v) is 7.90. The average molecular weight is 857 g/mol. The van der Waals surface area contributed by atoms with E-state index in [2.05, 4.69) is 20.6 Å². The van der Waals surface area contributed by atoms with Gasteiger partial charge >= 0.3 is 11.9 Å². The second-order valence-corrected chi connectivity index (χ2v) is 17.3. The lowest BCUT2D eigenvalue weighted by atomic mass is 9.99. The van der Waals surface area contributed by atoms with Gasteiger partial charge in [-0.1, -0.05) is 55.1 Å². The first-order valence-corrected chi connectivity index (χ1v) is 21.0. The first-order valence-electron chi connectivity index (χ1n) is 19.3. The van der Waals surface area contributed by atoms with E-state index in [1.54, 1.807) is 62.6 Å². The second kappa shape index (κ2) is 21.0. The van der Waals surface area contributed by atoms with E-state index >= 15 is 0 Å². The van der Waals surface area contributed by atoms with E-state index in [0.717, 1.165) is 52.3 Å². The number of nitrogens with one attached hydrogen (secondary N) is 2. The van der Waals surface area contributed by atoms with Crippen molar-refractivity contribution >= 4 is 58.1 Å². The molecule has 4 atom stereocenters. The van der Waals surface area contributed by atoms with Gasteiger partial charge < -0.3 is 24.3 Å². The maximum absolute atomic E-state index is 13.5. The van der Waals surface area contributed by atoms with Crippen LogP contribution >= 0.6 is 23.5 Å². The van der Waals surface area contributed by atoms with Gasteiger partial charge in [0.25, 0.3) is 5.24 Å². The molecule has 1 saturated heterocycles. The molecule has 2 aromatic heterocycles. The van der Waals surface area contributed by atoms with E-state index in [1.165, 1.54) is 13.8 Å². The molecule has 5 rings (SSSR count). The van der Waals surface area contributed by atoms with Gasteiger partial charge in [-0.25, -0.2) is 0 Å². The van der Waals surface area contributed by atoms with Crippen LogP contribution < -0.4 is 20.1 Å². The predicted octanol–water partition coefficient (Wildman–Crippen LogP) is 6.27. The number of nitrogens with zero attached hydrogens (tertiary/aromatic N) is 2. The van der Waals surface area contributed by atoms with Gasteiger partial charge in [0.2, 0.25) is 11.8 Å². The largest absolute Gasteiger partial charge is 0.489 e. The molecule has 0 spiro atoms. The number of benzene rings is 2. The van der Waals surface area contributed by atoms with Crippen molar-refractivity contribution in [1.29, 1.82) is 0 Å². The van der Waals surface area contributed by atoms with Crippen LogP contribution in [0.2, 0.25) is 0 Å². The highest BCUT2D eigenvalue weighted by atomic mass is 32.2. The molecule has 2 N–H and O–H groups in total. The minimum absolute atomic E-state index is 0.0196. The molecule has 14 nitrogen and oxygen atoms in total. The zero-order valence-corrected chi connectivity index (χ0v) is 35.7. The monoisotopic (exact) mass is 856 g/mol. The molecule has 0 aliphatic carbocycles. The van der Waals surface area contributed by atoms with Crippen LogP contribution in [0.1, 0.15) is 80.5 Å². The van der Waals surface area contributed by atoms with Gasteiger partial charge in [0.05, 0.1) is 0 Å². The van der Waals surface area contributed by atoms with E-state index in [1.807, 2.05) is 43.3 Å². The molecule has 60 heavy (non-hydrogen) atoms. The van der Waals surface area contributed by atoms with Crippen LogP contribution in [-0.2, 0) is 59.1 Å². The van der Waals surface area contributed by atoms with E-state index in [4.69, 9.17) is 18.9 Å². The average Bonchev–Trinajstić information content (AvgIpc) is 3.48. The molecule has 1 aliphatic rings. The number of esters is 2. The summed E-state index contributed by atoms with van der Waals surface area (Å²) in [4.78, 5) is 81.7. The number of amides is 3. The standard InChI is InChI=1S/C44H48N4O10S2/c1-6-34-13-11-32(23-46-34)38(57-28(2)50)25-55-36-15-7-30(8-16-36)21-43(4,59-27-49)40(52)45-20-19-35-14-12-33(24-47-35)39(58-29(3)51)26-56-37-17-9-31(10-18-37)22-44(5)41(53)48-42(54)60-44/h7-18,23-24,27,38-39H,6,19-22,25-26H2,1-5H3,(H,45,52)(H,48,53,54)/t38-,39+,43?,44?/m1/s1. The lowest BCUT2D eigenvalue weighted by Gasteiger charge is -2.26.